The number of ether oxygens (including phenoxy) is 1. The lowest BCUT2D eigenvalue weighted by atomic mass is 9.73. The molecule has 126 valence electrons. The first-order valence-electron chi connectivity index (χ1n) is 9.09. The van der Waals surface area contributed by atoms with Crippen molar-refractivity contribution < 1.29 is 14.3 Å². The fourth-order valence-corrected chi connectivity index (χ4v) is 5.28. The van der Waals surface area contributed by atoms with Crippen LogP contribution in [0.15, 0.2) is 11.3 Å². The first kappa shape index (κ1) is 15.2. The zero-order chi connectivity index (χ0) is 16.4. The van der Waals surface area contributed by atoms with Crippen LogP contribution in [0.4, 0.5) is 0 Å². The molecule has 2 fully saturated rings. The Hall–Kier alpha value is -1.32. The molecule has 4 rings (SSSR count). The zero-order valence-corrected chi connectivity index (χ0v) is 14.5. The smallest absolute Gasteiger partial charge is 0.226 e. The largest absolute Gasteiger partial charge is 0.471 e. The number of allylic oxidation sites excluding steroid dienone is 1. The summed E-state index contributed by atoms with van der Waals surface area (Å²) in [7, 11) is 0. The van der Waals surface area contributed by atoms with E-state index in [2.05, 4.69) is 13.8 Å². The molecule has 2 aliphatic heterocycles. The molecule has 0 radical (unpaired) electrons. The Morgan fingerprint density at radius 2 is 1.74 bits per heavy atom. The molecule has 0 bridgehead atoms. The number of fused-ring (bicyclic) bond motifs is 2. The van der Waals surface area contributed by atoms with Crippen molar-refractivity contribution in [2.24, 2.45) is 11.3 Å². The summed E-state index contributed by atoms with van der Waals surface area (Å²) in [5.41, 5.74) is 0.170. The third-order valence-electron chi connectivity index (χ3n) is 6.27. The number of ketones is 1. The van der Waals surface area contributed by atoms with Crippen molar-refractivity contribution in [3.63, 3.8) is 0 Å². The lowest BCUT2D eigenvalue weighted by Crippen LogP contribution is -2.52. The second-order valence-corrected chi connectivity index (χ2v) is 8.75. The maximum atomic E-state index is 12.7. The van der Waals surface area contributed by atoms with Crippen LogP contribution in [0.3, 0.4) is 0 Å². The predicted octanol–water partition coefficient (Wildman–Crippen LogP) is 3.56. The van der Waals surface area contributed by atoms with Crippen LogP contribution in [0.1, 0.15) is 72.1 Å². The molecule has 2 atom stereocenters. The fourth-order valence-electron chi connectivity index (χ4n) is 5.28. The Labute approximate surface area is 138 Å². The normalized spacial score (nSPS) is 37.0. The van der Waals surface area contributed by atoms with E-state index in [4.69, 9.17) is 4.74 Å². The molecule has 0 spiro atoms. The molecule has 4 heteroatoms. The van der Waals surface area contributed by atoms with Crippen molar-refractivity contribution in [1.82, 2.24) is 4.90 Å². The van der Waals surface area contributed by atoms with Crippen LogP contribution in [0, 0.1) is 11.3 Å². The molecule has 4 aliphatic rings. The minimum absolute atomic E-state index is 0.0371. The number of likely N-dealkylation sites (tertiary alicyclic amines) is 1. The van der Waals surface area contributed by atoms with Crippen LogP contribution in [0.2, 0.25) is 0 Å². The lowest BCUT2D eigenvalue weighted by molar-refractivity contribution is -0.155. The molecule has 0 aromatic carbocycles. The zero-order valence-electron chi connectivity index (χ0n) is 14.5. The number of rotatable bonds is 1. The van der Waals surface area contributed by atoms with Gasteiger partial charge < -0.3 is 9.64 Å². The molecule has 0 aromatic rings. The van der Waals surface area contributed by atoms with Crippen LogP contribution in [0.25, 0.3) is 0 Å². The standard InChI is InChI=1S/C19H27NO3/c1-18(2)10-14(21)17-13-9-16(22)20(12-7-5-4-6-8-12)19(13,3)23-15(17)11-18/h12-13H,4-11H2,1-3H3/t13-,19+/m1/s1. The van der Waals surface area contributed by atoms with Crippen molar-refractivity contribution >= 4 is 11.7 Å². The molecular weight excluding hydrogens is 290 g/mol. The number of carbonyl (C=O) groups is 2. The molecular formula is C19H27NO3. The van der Waals surface area contributed by atoms with E-state index in [9.17, 15) is 9.59 Å². The Morgan fingerprint density at radius 1 is 1.04 bits per heavy atom. The Morgan fingerprint density at radius 3 is 2.43 bits per heavy atom. The Bertz CT molecular complexity index is 600. The van der Waals surface area contributed by atoms with Crippen LogP contribution >= 0.6 is 0 Å². The van der Waals surface area contributed by atoms with Gasteiger partial charge in [0.15, 0.2) is 11.5 Å². The van der Waals surface area contributed by atoms with Gasteiger partial charge in [0.1, 0.15) is 5.76 Å². The highest BCUT2D eigenvalue weighted by molar-refractivity contribution is 6.00. The molecule has 0 N–H and O–H groups in total. The highest BCUT2D eigenvalue weighted by Gasteiger charge is 2.61. The Kier molecular flexibility index (Phi) is 3.20. The molecule has 0 unspecified atom stereocenters. The first-order chi connectivity index (χ1) is 10.8. The van der Waals surface area contributed by atoms with Gasteiger partial charge in [0.25, 0.3) is 0 Å². The highest BCUT2D eigenvalue weighted by Crippen LogP contribution is 2.55. The van der Waals surface area contributed by atoms with Crippen LogP contribution in [-0.2, 0) is 14.3 Å². The molecule has 0 aromatic heterocycles. The summed E-state index contributed by atoms with van der Waals surface area (Å²) < 4.78 is 6.38. The summed E-state index contributed by atoms with van der Waals surface area (Å²) in [6.07, 6.45) is 7.61. The number of hydrogen-bond acceptors (Lipinski definition) is 3. The second-order valence-electron chi connectivity index (χ2n) is 8.75. The molecule has 2 heterocycles. The van der Waals surface area contributed by atoms with Gasteiger partial charge in [-0.25, -0.2) is 0 Å². The monoisotopic (exact) mass is 317 g/mol. The minimum Gasteiger partial charge on any atom is -0.471 e. The van der Waals surface area contributed by atoms with Crippen LogP contribution in [0.5, 0.6) is 0 Å². The van der Waals surface area contributed by atoms with E-state index in [1.165, 1.54) is 19.3 Å². The van der Waals surface area contributed by atoms with E-state index in [-0.39, 0.29) is 29.1 Å². The summed E-state index contributed by atoms with van der Waals surface area (Å²) in [6, 6.07) is 0.288. The van der Waals surface area contributed by atoms with Gasteiger partial charge in [-0.2, -0.15) is 0 Å². The maximum absolute atomic E-state index is 12.7. The average Bonchev–Trinajstić information content (AvgIpc) is 2.84. The first-order valence-corrected chi connectivity index (χ1v) is 9.09. The van der Waals surface area contributed by atoms with E-state index in [0.29, 0.717) is 12.8 Å². The summed E-state index contributed by atoms with van der Waals surface area (Å²) >= 11 is 0. The fraction of sp³-hybridized carbons (Fsp3) is 0.789. The van der Waals surface area contributed by atoms with Gasteiger partial charge in [-0.3, -0.25) is 9.59 Å². The molecule has 1 amide bonds. The van der Waals surface area contributed by atoms with Crippen molar-refractivity contribution in [2.45, 2.75) is 83.9 Å². The number of carbonyl (C=O) groups excluding carboxylic acids is 2. The topological polar surface area (TPSA) is 46.6 Å². The molecule has 1 saturated heterocycles. The van der Waals surface area contributed by atoms with E-state index in [1.807, 2.05) is 11.8 Å². The SMILES string of the molecule is CC1(C)CC(=O)C2=C(C1)O[C@@]1(C)[C@@H]2CC(=O)N1C1CCCCC1. The second kappa shape index (κ2) is 4.84. The summed E-state index contributed by atoms with van der Waals surface area (Å²) in [4.78, 5) is 27.4. The number of Topliss-reactive ketones (excluding diaryl/α,β-unsaturated/α-hetero) is 1. The summed E-state index contributed by atoms with van der Waals surface area (Å²) in [5.74, 6) is 1.18. The van der Waals surface area contributed by atoms with Crippen molar-refractivity contribution in [2.75, 3.05) is 0 Å². The third-order valence-corrected chi connectivity index (χ3v) is 6.27. The van der Waals surface area contributed by atoms with E-state index in [0.717, 1.165) is 30.6 Å². The molecule has 1 saturated carbocycles. The highest BCUT2D eigenvalue weighted by atomic mass is 16.5. The van der Waals surface area contributed by atoms with Gasteiger partial charge in [-0.1, -0.05) is 33.1 Å². The van der Waals surface area contributed by atoms with Crippen molar-refractivity contribution in [3.8, 4) is 0 Å². The molecule has 4 nitrogen and oxygen atoms in total. The minimum atomic E-state index is -0.625. The number of hydrogen-bond donors (Lipinski definition) is 0. The van der Waals surface area contributed by atoms with Gasteiger partial charge in [0, 0.05) is 30.9 Å². The van der Waals surface area contributed by atoms with Gasteiger partial charge in [0.2, 0.25) is 5.91 Å². The van der Waals surface area contributed by atoms with Gasteiger partial charge in [-0.05, 0) is 25.2 Å². The summed E-state index contributed by atoms with van der Waals surface area (Å²) in [5, 5.41) is 0. The third kappa shape index (κ3) is 2.17. The number of nitrogens with zero attached hydrogens (tertiary/aromatic N) is 1. The summed E-state index contributed by atoms with van der Waals surface area (Å²) in [6.45, 7) is 6.28. The maximum Gasteiger partial charge on any atom is 0.226 e. The number of amides is 1. The predicted molar refractivity (Wildman–Crippen MR) is 86.4 cm³/mol. The van der Waals surface area contributed by atoms with Crippen molar-refractivity contribution in [3.05, 3.63) is 11.3 Å². The van der Waals surface area contributed by atoms with Gasteiger partial charge >= 0.3 is 0 Å². The van der Waals surface area contributed by atoms with E-state index >= 15 is 0 Å². The van der Waals surface area contributed by atoms with E-state index in [1.54, 1.807) is 0 Å². The van der Waals surface area contributed by atoms with Crippen LogP contribution in [-0.4, -0.2) is 28.4 Å². The lowest BCUT2D eigenvalue weighted by Gasteiger charge is -2.42. The average molecular weight is 317 g/mol. The van der Waals surface area contributed by atoms with Crippen molar-refractivity contribution in [1.29, 1.82) is 0 Å². The van der Waals surface area contributed by atoms with Crippen LogP contribution < -0.4 is 0 Å². The Balaban J connectivity index is 1.68. The van der Waals surface area contributed by atoms with Gasteiger partial charge in [0.05, 0.1) is 5.92 Å². The van der Waals surface area contributed by atoms with E-state index < -0.39 is 5.72 Å². The molecule has 2 aliphatic carbocycles. The molecule has 23 heavy (non-hydrogen) atoms. The van der Waals surface area contributed by atoms with Gasteiger partial charge in [-0.15, -0.1) is 0 Å². The quantitative estimate of drug-likeness (QED) is 0.743.